The van der Waals surface area contributed by atoms with Crippen molar-refractivity contribution < 1.29 is 4.74 Å². The molecular formula is C11H17N3O. The number of aromatic nitrogens is 2. The molecule has 1 aromatic heterocycles. The van der Waals surface area contributed by atoms with Crippen LogP contribution in [-0.4, -0.2) is 28.7 Å². The molecule has 1 aromatic rings. The largest absolute Gasteiger partial charge is 0.485 e. The quantitative estimate of drug-likeness (QED) is 0.795. The summed E-state index contributed by atoms with van der Waals surface area (Å²) in [4.78, 5) is 8.62. The van der Waals surface area contributed by atoms with Crippen molar-refractivity contribution in [2.24, 2.45) is 0 Å². The van der Waals surface area contributed by atoms with Crippen molar-refractivity contribution in [3.8, 4) is 5.75 Å². The fraction of sp³-hybridized carbons (Fsp3) is 0.636. The minimum absolute atomic E-state index is 0.192. The zero-order chi connectivity index (χ0) is 10.9. The molecule has 0 unspecified atom stereocenters. The fourth-order valence-electron chi connectivity index (χ4n) is 1.41. The molecule has 0 atom stereocenters. The first-order chi connectivity index (χ1) is 7.04. The van der Waals surface area contributed by atoms with Crippen molar-refractivity contribution in [3.05, 3.63) is 18.2 Å². The lowest BCUT2D eigenvalue weighted by molar-refractivity contribution is 0.129. The highest BCUT2D eigenvalue weighted by Gasteiger charge is 2.21. The smallest absolute Gasteiger partial charge is 0.156 e. The Morgan fingerprint density at radius 1 is 1.27 bits per heavy atom. The molecule has 1 aliphatic heterocycles. The van der Waals surface area contributed by atoms with Gasteiger partial charge in [-0.15, -0.1) is 0 Å². The van der Waals surface area contributed by atoms with Crippen molar-refractivity contribution in [1.82, 2.24) is 15.3 Å². The Bertz CT molecular complexity index is 325. The molecule has 1 aliphatic rings. The van der Waals surface area contributed by atoms with Crippen LogP contribution in [0.4, 0.5) is 0 Å². The second-order valence-corrected chi connectivity index (χ2v) is 4.85. The second kappa shape index (κ2) is 3.77. The fourth-order valence-corrected chi connectivity index (χ4v) is 1.41. The molecule has 0 aliphatic carbocycles. The van der Waals surface area contributed by atoms with Gasteiger partial charge in [0.25, 0.3) is 0 Å². The minimum atomic E-state index is -0.192. The average molecular weight is 207 g/mol. The van der Waals surface area contributed by atoms with Gasteiger partial charge in [0.15, 0.2) is 5.75 Å². The van der Waals surface area contributed by atoms with E-state index in [-0.39, 0.29) is 5.60 Å². The van der Waals surface area contributed by atoms with Crippen LogP contribution in [0.15, 0.2) is 12.4 Å². The molecular weight excluding hydrogens is 190 g/mol. The number of nitrogens with zero attached hydrogens (tertiary/aromatic N) is 2. The Morgan fingerprint density at radius 2 is 1.87 bits per heavy atom. The summed E-state index contributed by atoms with van der Waals surface area (Å²) in [5, 5.41) is 3.20. The maximum absolute atomic E-state index is 5.65. The van der Waals surface area contributed by atoms with Gasteiger partial charge in [-0.25, -0.2) is 9.97 Å². The predicted octanol–water partition coefficient (Wildman–Crippen LogP) is 1.34. The minimum Gasteiger partial charge on any atom is -0.485 e. The molecule has 15 heavy (non-hydrogen) atoms. The molecule has 0 spiro atoms. The molecule has 4 nitrogen and oxygen atoms in total. The van der Waals surface area contributed by atoms with Gasteiger partial charge >= 0.3 is 0 Å². The van der Waals surface area contributed by atoms with Crippen LogP contribution in [0, 0.1) is 0 Å². The van der Waals surface area contributed by atoms with E-state index in [1.54, 1.807) is 12.4 Å². The molecule has 1 N–H and O–H groups in total. The Balaban J connectivity index is 2.03. The molecule has 0 bridgehead atoms. The van der Waals surface area contributed by atoms with Crippen molar-refractivity contribution in [2.75, 3.05) is 13.1 Å². The Labute approximate surface area is 90.1 Å². The van der Waals surface area contributed by atoms with Crippen LogP contribution in [0.2, 0.25) is 0 Å². The Kier molecular flexibility index (Phi) is 2.61. The zero-order valence-electron chi connectivity index (χ0n) is 9.45. The highest BCUT2D eigenvalue weighted by Crippen LogP contribution is 2.19. The molecule has 4 heteroatoms. The summed E-state index contributed by atoms with van der Waals surface area (Å²) in [6.07, 6.45) is 3.51. The van der Waals surface area contributed by atoms with E-state index in [1.165, 1.54) is 0 Å². The van der Waals surface area contributed by atoms with E-state index in [2.05, 4.69) is 15.3 Å². The average Bonchev–Trinajstić information content (AvgIpc) is 2.02. The predicted molar refractivity (Wildman–Crippen MR) is 58.0 cm³/mol. The van der Waals surface area contributed by atoms with Gasteiger partial charge in [-0.3, -0.25) is 0 Å². The van der Waals surface area contributed by atoms with Crippen LogP contribution in [-0.2, 0) is 0 Å². The van der Waals surface area contributed by atoms with Gasteiger partial charge < -0.3 is 10.1 Å². The van der Waals surface area contributed by atoms with E-state index >= 15 is 0 Å². The van der Waals surface area contributed by atoms with E-state index < -0.39 is 0 Å². The summed E-state index contributed by atoms with van der Waals surface area (Å²) in [5.41, 5.74) is -0.192. The van der Waals surface area contributed by atoms with Gasteiger partial charge in [0.05, 0.1) is 12.4 Å². The van der Waals surface area contributed by atoms with Gasteiger partial charge in [-0.2, -0.15) is 0 Å². The number of ether oxygens (including phenoxy) is 1. The van der Waals surface area contributed by atoms with Crippen molar-refractivity contribution in [2.45, 2.75) is 32.3 Å². The van der Waals surface area contributed by atoms with E-state index in [9.17, 15) is 0 Å². The van der Waals surface area contributed by atoms with E-state index in [0.717, 1.165) is 24.7 Å². The molecule has 2 rings (SSSR count). The molecule has 82 valence electrons. The summed E-state index contributed by atoms with van der Waals surface area (Å²) < 4.78 is 5.65. The van der Waals surface area contributed by atoms with E-state index in [0.29, 0.717) is 5.92 Å². The normalized spacial score (nSPS) is 17.3. The van der Waals surface area contributed by atoms with Crippen LogP contribution in [0.1, 0.15) is 32.5 Å². The molecule has 2 heterocycles. The summed E-state index contributed by atoms with van der Waals surface area (Å²) in [6, 6.07) is 0. The highest BCUT2D eigenvalue weighted by molar-refractivity contribution is 5.16. The third-order valence-electron chi connectivity index (χ3n) is 2.22. The first-order valence-corrected chi connectivity index (χ1v) is 5.26. The van der Waals surface area contributed by atoms with Crippen LogP contribution in [0.25, 0.3) is 0 Å². The van der Waals surface area contributed by atoms with E-state index in [1.807, 2.05) is 20.8 Å². The molecule has 1 saturated heterocycles. The zero-order valence-corrected chi connectivity index (χ0v) is 9.45. The highest BCUT2D eigenvalue weighted by atomic mass is 16.5. The first-order valence-electron chi connectivity index (χ1n) is 5.26. The molecule has 0 saturated carbocycles. The summed E-state index contributed by atoms with van der Waals surface area (Å²) in [6.45, 7) is 8.00. The van der Waals surface area contributed by atoms with Crippen molar-refractivity contribution >= 4 is 0 Å². The Hall–Kier alpha value is -1.16. The monoisotopic (exact) mass is 207 g/mol. The van der Waals surface area contributed by atoms with Crippen LogP contribution in [0.5, 0.6) is 5.75 Å². The standard InChI is InChI=1S/C11H17N3O/c1-11(2,3)15-9-6-13-10(14-7-9)8-4-12-5-8/h6-8,12H,4-5H2,1-3H3. The maximum atomic E-state index is 5.65. The maximum Gasteiger partial charge on any atom is 0.156 e. The molecule has 0 amide bonds. The number of hydrogen-bond donors (Lipinski definition) is 1. The lowest BCUT2D eigenvalue weighted by Crippen LogP contribution is -2.40. The van der Waals surface area contributed by atoms with Gasteiger partial charge in [-0.1, -0.05) is 0 Å². The summed E-state index contributed by atoms with van der Waals surface area (Å²) in [7, 11) is 0. The topological polar surface area (TPSA) is 47.0 Å². The second-order valence-electron chi connectivity index (χ2n) is 4.85. The molecule has 0 aromatic carbocycles. The van der Waals surface area contributed by atoms with Crippen molar-refractivity contribution in [3.63, 3.8) is 0 Å². The summed E-state index contributed by atoms with van der Waals surface area (Å²) >= 11 is 0. The van der Waals surface area contributed by atoms with Gasteiger partial charge in [0.2, 0.25) is 0 Å². The molecule has 0 radical (unpaired) electrons. The lowest BCUT2D eigenvalue weighted by atomic mass is 10.0. The summed E-state index contributed by atoms with van der Waals surface area (Å²) in [5.74, 6) is 2.13. The van der Waals surface area contributed by atoms with Crippen LogP contribution >= 0.6 is 0 Å². The number of rotatable bonds is 2. The van der Waals surface area contributed by atoms with Gasteiger partial charge in [0, 0.05) is 19.0 Å². The third kappa shape index (κ3) is 2.65. The molecule has 1 fully saturated rings. The van der Waals surface area contributed by atoms with Crippen molar-refractivity contribution in [1.29, 1.82) is 0 Å². The van der Waals surface area contributed by atoms with E-state index in [4.69, 9.17) is 4.74 Å². The van der Waals surface area contributed by atoms with Crippen LogP contribution in [0.3, 0.4) is 0 Å². The third-order valence-corrected chi connectivity index (χ3v) is 2.22. The lowest BCUT2D eigenvalue weighted by Gasteiger charge is -2.26. The first kappa shape index (κ1) is 10.4. The Morgan fingerprint density at radius 3 is 2.27 bits per heavy atom. The number of nitrogens with one attached hydrogen (secondary N) is 1. The van der Waals surface area contributed by atoms with Gasteiger partial charge in [0.1, 0.15) is 11.4 Å². The van der Waals surface area contributed by atoms with Crippen LogP contribution < -0.4 is 10.1 Å². The van der Waals surface area contributed by atoms with Gasteiger partial charge in [-0.05, 0) is 20.8 Å². The number of hydrogen-bond acceptors (Lipinski definition) is 4. The SMILES string of the molecule is CC(C)(C)Oc1cnc(C2CNC2)nc1.